The van der Waals surface area contributed by atoms with Gasteiger partial charge in [0, 0.05) is 18.1 Å². The summed E-state index contributed by atoms with van der Waals surface area (Å²) < 4.78 is 5.46. The Kier molecular flexibility index (Phi) is 4.89. The van der Waals surface area contributed by atoms with E-state index in [9.17, 15) is 9.90 Å². The third-order valence-electron chi connectivity index (χ3n) is 3.57. The third-order valence-corrected chi connectivity index (χ3v) is 3.81. The second kappa shape index (κ2) is 6.46. The highest BCUT2D eigenvalue weighted by atomic mass is 35.5. The van der Waals surface area contributed by atoms with Crippen LogP contribution in [0, 0.1) is 0 Å². The number of carbonyl (C=O) groups excluding carboxylic acids is 1. The first kappa shape index (κ1) is 15.1. The quantitative estimate of drug-likeness (QED) is 0.932. The van der Waals surface area contributed by atoms with Crippen LogP contribution in [0.2, 0.25) is 5.02 Å². The van der Waals surface area contributed by atoms with Gasteiger partial charge in [-0.15, -0.1) is 0 Å². The maximum Gasteiger partial charge on any atom is 0.260 e. The fourth-order valence-electron chi connectivity index (χ4n) is 2.31. The predicted octanol–water partition coefficient (Wildman–Crippen LogP) is 2.48. The zero-order valence-corrected chi connectivity index (χ0v) is 12.4. The summed E-state index contributed by atoms with van der Waals surface area (Å²) in [5.74, 6) is 0.537. The number of aliphatic hydroxyl groups is 1. The van der Waals surface area contributed by atoms with Gasteiger partial charge >= 0.3 is 0 Å². The molecule has 1 heterocycles. The molecule has 0 aromatic heterocycles. The van der Waals surface area contributed by atoms with E-state index in [2.05, 4.69) is 0 Å². The molecule has 1 saturated heterocycles. The predicted molar refractivity (Wildman–Crippen MR) is 78.0 cm³/mol. The van der Waals surface area contributed by atoms with Crippen molar-refractivity contribution in [3.63, 3.8) is 0 Å². The molecule has 5 heteroatoms. The largest absolute Gasteiger partial charge is 0.484 e. The van der Waals surface area contributed by atoms with E-state index >= 15 is 0 Å². The number of ether oxygens (including phenoxy) is 1. The van der Waals surface area contributed by atoms with Gasteiger partial charge in [-0.05, 0) is 44.4 Å². The molecule has 1 aromatic carbocycles. The molecule has 0 aliphatic carbocycles. The highest BCUT2D eigenvalue weighted by molar-refractivity contribution is 6.30. The molecule has 20 heavy (non-hydrogen) atoms. The molecule has 1 fully saturated rings. The van der Waals surface area contributed by atoms with Gasteiger partial charge in [-0.25, -0.2) is 0 Å². The van der Waals surface area contributed by atoms with Crippen LogP contribution in [0.4, 0.5) is 0 Å². The first-order valence-corrected chi connectivity index (χ1v) is 7.23. The fourth-order valence-corrected chi connectivity index (χ4v) is 2.49. The highest BCUT2D eigenvalue weighted by Gasteiger charge is 2.27. The van der Waals surface area contributed by atoms with Crippen molar-refractivity contribution in [3.8, 4) is 5.75 Å². The molecule has 0 saturated carbocycles. The number of hydrogen-bond acceptors (Lipinski definition) is 3. The molecule has 0 bridgehead atoms. The fraction of sp³-hybridized carbons (Fsp3) is 0.533. The zero-order valence-electron chi connectivity index (χ0n) is 11.6. The molecule has 1 atom stereocenters. The average Bonchev–Trinajstić information content (AvgIpc) is 2.57. The van der Waals surface area contributed by atoms with Crippen LogP contribution in [0.25, 0.3) is 0 Å². The number of nitrogens with zero attached hydrogens (tertiary/aromatic N) is 1. The number of rotatable bonds is 3. The van der Waals surface area contributed by atoms with Gasteiger partial charge in [0.2, 0.25) is 0 Å². The summed E-state index contributed by atoms with van der Waals surface area (Å²) in [5, 5.41) is 10.6. The molecule has 2 rings (SSSR count). The molecular formula is C15H20ClNO3. The molecule has 1 aliphatic rings. The standard InChI is InChI=1S/C15H20ClNO3/c1-15(19)6-3-8-17(9-7-15)14(18)11-20-13-5-2-4-12(16)10-13/h2,4-5,10,19H,3,6-9,11H2,1H3. The first-order chi connectivity index (χ1) is 9.46. The van der Waals surface area contributed by atoms with Crippen molar-refractivity contribution < 1.29 is 14.6 Å². The Morgan fingerprint density at radius 1 is 1.45 bits per heavy atom. The highest BCUT2D eigenvalue weighted by Crippen LogP contribution is 2.22. The normalized spacial score (nSPS) is 23.2. The molecule has 1 unspecified atom stereocenters. The van der Waals surface area contributed by atoms with E-state index in [4.69, 9.17) is 16.3 Å². The van der Waals surface area contributed by atoms with E-state index in [-0.39, 0.29) is 12.5 Å². The van der Waals surface area contributed by atoms with E-state index in [0.717, 1.165) is 12.8 Å². The smallest absolute Gasteiger partial charge is 0.260 e. The third kappa shape index (κ3) is 4.39. The van der Waals surface area contributed by atoms with Crippen molar-refractivity contribution in [2.75, 3.05) is 19.7 Å². The maximum atomic E-state index is 12.1. The van der Waals surface area contributed by atoms with Crippen molar-refractivity contribution in [3.05, 3.63) is 29.3 Å². The second-order valence-electron chi connectivity index (χ2n) is 5.48. The summed E-state index contributed by atoms with van der Waals surface area (Å²) in [6.07, 6.45) is 2.15. The van der Waals surface area contributed by atoms with Crippen LogP contribution in [0.1, 0.15) is 26.2 Å². The summed E-state index contributed by atoms with van der Waals surface area (Å²) in [4.78, 5) is 13.9. The monoisotopic (exact) mass is 297 g/mol. The topological polar surface area (TPSA) is 49.8 Å². The summed E-state index contributed by atoms with van der Waals surface area (Å²) in [6, 6.07) is 6.99. The lowest BCUT2D eigenvalue weighted by Gasteiger charge is -2.22. The molecule has 0 radical (unpaired) electrons. The van der Waals surface area contributed by atoms with Crippen molar-refractivity contribution in [1.82, 2.24) is 4.90 Å². The van der Waals surface area contributed by atoms with Crippen molar-refractivity contribution in [1.29, 1.82) is 0 Å². The Hall–Kier alpha value is -1.26. The molecule has 1 amide bonds. The van der Waals surface area contributed by atoms with Crippen LogP contribution in [-0.2, 0) is 4.79 Å². The molecule has 1 N–H and O–H groups in total. The molecule has 1 aromatic rings. The van der Waals surface area contributed by atoms with Gasteiger partial charge in [0.1, 0.15) is 5.75 Å². The molecule has 110 valence electrons. The minimum absolute atomic E-state index is 0.00247. The molecule has 0 spiro atoms. The Bertz CT molecular complexity index is 476. The van der Waals surface area contributed by atoms with Gasteiger partial charge in [0.15, 0.2) is 6.61 Å². The van der Waals surface area contributed by atoms with E-state index in [1.807, 2.05) is 6.92 Å². The minimum Gasteiger partial charge on any atom is -0.484 e. The van der Waals surface area contributed by atoms with Gasteiger partial charge < -0.3 is 14.7 Å². The second-order valence-corrected chi connectivity index (χ2v) is 5.91. The number of hydrogen-bond donors (Lipinski definition) is 1. The summed E-state index contributed by atoms with van der Waals surface area (Å²) in [5.41, 5.74) is -0.664. The van der Waals surface area contributed by atoms with Crippen LogP contribution >= 0.6 is 11.6 Å². The Morgan fingerprint density at radius 2 is 2.25 bits per heavy atom. The van der Waals surface area contributed by atoms with Gasteiger partial charge in [0.05, 0.1) is 5.60 Å². The Balaban J connectivity index is 1.85. The number of carbonyl (C=O) groups is 1. The van der Waals surface area contributed by atoms with Crippen LogP contribution in [0.5, 0.6) is 5.75 Å². The Morgan fingerprint density at radius 3 is 3.00 bits per heavy atom. The van der Waals surface area contributed by atoms with E-state index in [1.165, 1.54) is 0 Å². The summed E-state index contributed by atoms with van der Waals surface area (Å²) >= 11 is 5.86. The van der Waals surface area contributed by atoms with Crippen LogP contribution in [0.15, 0.2) is 24.3 Å². The van der Waals surface area contributed by atoms with Crippen LogP contribution in [0.3, 0.4) is 0 Å². The lowest BCUT2D eigenvalue weighted by Crippen LogP contribution is -2.36. The minimum atomic E-state index is -0.664. The Labute approximate surface area is 124 Å². The molecule has 4 nitrogen and oxygen atoms in total. The summed E-state index contributed by atoms with van der Waals surface area (Å²) in [6.45, 7) is 3.07. The van der Waals surface area contributed by atoms with Gasteiger partial charge in [-0.3, -0.25) is 4.79 Å². The zero-order chi connectivity index (χ0) is 14.6. The van der Waals surface area contributed by atoms with Gasteiger partial charge in [0.25, 0.3) is 5.91 Å². The van der Waals surface area contributed by atoms with E-state index in [0.29, 0.717) is 30.3 Å². The maximum absolute atomic E-state index is 12.1. The van der Waals surface area contributed by atoms with Gasteiger partial charge in [-0.1, -0.05) is 17.7 Å². The first-order valence-electron chi connectivity index (χ1n) is 6.85. The van der Waals surface area contributed by atoms with Crippen molar-refractivity contribution in [2.24, 2.45) is 0 Å². The van der Waals surface area contributed by atoms with Crippen LogP contribution < -0.4 is 4.74 Å². The number of likely N-dealkylation sites (tertiary alicyclic amines) is 1. The van der Waals surface area contributed by atoms with E-state index in [1.54, 1.807) is 29.2 Å². The van der Waals surface area contributed by atoms with Crippen molar-refractivity contribution in [2.45, 2.75) is 31.8 Å². The SMILES string of the molecule is CC1(O)CCCN(C(=O)COc2cccc(Cl)c2)CC1. The van der Waals surface area contributed by atoms with Gasteiger partial charge in [-0.2, -0.15) is 0 Å². The van der Waals surface area contributed by atoms with E-state index < -0.39 is 5.60 Å². The lowest BCUT2D eigenvalue weighted by molar-refractivity contribution is -0.133. The summed E-state index contributed by atoms with van der Waals surface area (Å²) in [7, 11) is 0. The number of halogens is 1. The van der Waals surface area contributed by atoms with Crippen LogP contribution in [-0.4, -0.2) is 41.2 Å². The lowest BCUT2D eigenvalue weighted by atomic mass is 9.98. The average molecular weight is 298 g/mol. The molecular weight excluding hydrogens is 278 g/mol. The molecule has 1 aliphatic heterocycles. The van der Waals surface area contributed by atoms with Crippen molar-refractivity contribution >= 4 is 17.5 Å². The number of amides is 1. The number of benzene rings is 1.